The summed E-state index contributed by atoms with van der Waals surface area (Å²) in [5.74, 6) is 2.51. The third-order valence-corrected chi connectivity index (χ3v) is 3.55. The summed E-state index contributed by atoms with van der Waals surface area (Å²) >= 11 is 0. The molecule has 6 nitrogen and oxygen atoms in total. The van der Waals surface area contributed by atoms with Crippen molar-refractivity contribution in [1.82, 2.24) is 20.1 Å². The lowest BCUT2D eigenvalue weighted by atomic mass is 10.2. The van der Waals surface area contributed by atoms with Gasteiger partial charge in [-0.2, -0.15) is 5.10 Å². The lowest BCUT2D eigenvalue weighted by Crippen LogP contribution is -2.20. The molecular formula is C15H18N4O2. The fraction of sp³-hybridized carbons (Fsp3) is 0.333. The Kier molecular flexibility index (Phi) is 3.62. The quantitative estimate of drug-likeness (QED) is 0.780. The van der Waals surface area contributed by atoms with Crippen LogP contribution in [-0.4, -0.2) is 21.9 Å². The maximum Gasteiger partial charge on any atom is 0.176 e. The highest BCUT2D eigenvalue weighted by Gasteiger charge is 2.14. The van der Waals surface area contributed by atoms with Crippen LogP contribution < -0.4 is 10.1 Å². The number of furan rings is 1. The van der Waals surface area contributed by atoms with Crippen molar-refractivity contribution in [3.63, 3.8) is 0 Å². The molecule has 21 heavy (non-hydrogen) atoms. The minimum absolute atomic E-state index is 0.0683. The smallest absolute Gasteiger partial charge is 0.176 e. The number of hydrogen-bond acceptors (Lipinski definition) is 5. The molecule has 1 N–H and O–H groups in total. The summed E-state index contributed by atoms with van der Waals surface area (Å²) in [6.45, 7) is 2.69. The van der Waals surface area contributed by atoms with Crippen LogP contribution in [-0.2, 0) is 13.6 Å². The van der Waals surface area contributed by atoms with Gasteiger partial charge in [-0.1, -0.05) is 12.1 Å². The highest BCUT2D eigenvalue weighted by atomic mass is 16.5. The summed E-state index contributed by atoms with van der Waals surface area (Å²) in [4.78, 5) is 4.19. The molecule has 0 aliphatic rings. The molecule has 0 amide bonds. The Morgan fingerprint density at radius 1 is 1.43 bits per heavy atom. The second-order valence-corrected chi connectivity index (χ2v) is 4.93. The Balaban J connectivity index is 1.78. The van der Waals surface area contributed by atoms with Crippen LogP contribution in [0.15, 0.2) is 35.0 Å². The molecule has 1 atom stereocenters. The van der Waals surface area contributed by atoms with Crippen LogP contribution >= 0.6 is 0 Å². The second kappa shape index (κ2) is 5.57. The molecule has 0 aliphatic heterocycles. The molecular weight excluding hydrogens is 268 g/mol. The number of fused-ring (bicyclic) bond motifs is 1. The highest BCUT2D eigenvalue weighted by molar-refractivity contribution is 5.83. The Hall–Kier alpha value is -2.34. The molecule has 0 radical (unpaired) electrons. The molecule has 0 bridgehead atoms. The first-order valence-electron chi connectivity index (χ1n) is 6.81. The molecule has 3 aromatic rings. The number of aryl methyl sites for hydroxylation is 1. The van der Waals surface area contributed by atoms with Crippen molar-refractivity contribution in [2.24, 2.45) is 7.05 Å². The van der Waals surface area contributed by atoms with Crippen molar-refractivity contribution in [1.29, 1.82) is 0 Å². The molecule has 0 saturated heterocycles. The number of rotatable bonds is 5. The number of para-hydroxylation sites is 1. The van der Waals surface area contributed by atoms with Crippen molar-refractivity contribution in [2.45, 2.75) is 19.5 Å². The predicted octanol–water partition coefficient (Wildman–Crippen LogP) is 2.42. The Morgan fingerprint density at radius 3 is 3.00 bits per heavy atom. The normalized spacial score (nSPS) is 12.7. The van der Waals surface area contributed by atoms with E-state index in [9.17, 15) is 0 Å². The third kappa shape index (κ3) is 2.62. The highest BCUT2D eigenvalue weighted by Crippen LogP contribution is 2.30. The molecule has 0 unspecified atom stereocenters. The van der Waals surface area contributed by atoms with E-state index in [2.05, 4.69) is 22.3 Å². The van der Waals surface area contributed by atoms with Crippen molar-refractivity contribution in [3.05, 3.63) is 42.2 Å². The van der Waals surface area contributed by atoms with E-state index in [0.717, 1.165) is 28.3 Å². The van der Waals surface area contributed by atoms with Gasteiger partial charge in [-0.25, -0.2) is 4.98 Å². The monoisotopic (exact) mass is 286 g/mol. The number of methoxy groups -OCH3 is 1. The summed E-state index contributed by atoms with van der Waals surface area (Å²) in [6.07, 6.45) is 1.55. The van der Waals surface area contributed by atoms with E-state index in [4.69, 9.17) is 9.15 Å². The molecule has 2 heterocycles. The fourth-order valence-electron chi connectivity index (χ4n) is 2.26. The SMILES string of the molecule is COc1cccc2cc([C@@H](C)NCc3ncnn3C)oc12. The van der Waals surface area contributed by atoms with Crippen LogP contribution in [0.2, 0.25) is 0 Å². The van der Waals surface area contributed by atoms with E-state index in [1.807, 2.05) is 31.3 Å². The first kappa shape index (κ1) is 13.6. The topological polar surface area (TPSA) is 65.1 Å². The molecule has 2 aromatic heterocycles. The van der Waals surface area contributed by atoms with Gasteiger partial charge in [0.25, 0.3) is 0 Å². The summed E-state index contributed by atoms with van der Waals surface area (Å²) in [7, 11) is 3.52. The maximum absolute atomic E-state index is 5.92. The zero-order chi connectivity index (χ0) is 14.8. The molecule has 0 spiro atoms. The largest absolute Gasteiger partial charge is 0.493 e. The first-order valence-corrected chi connectivity index (χ1v) is 6.81. The van der Waals surface area contributed by atoms with E-state index in [1.54, 1.807) is 18.1 Å². The molecule has 110 valence electrons. The van der Waals surface area contributed by atoms with E-state index in [0.29, 0.717) is 6.54 Å². The van der Waals surface area contributed by atoms with Crippen molar-refractivity contribution in [2.75, 3.05) is 7.11 Å². The van der Waals surface area contributed by atoms with Crippen LogP contribution in [0.1, 0.15) is 24.6 Å². The Bertz CT molecular complexity index is 747. The Labute approximate surface area is 122 Å². The van der Waals surface area contributed by atoms with Gasteiger partial charge in [0.15, 0.2) is 11.3 Å². The second-order valence-electron chi connectivity index (χ2n) is 4.93. The van der Waals surface area contributed by atoms with Crippen molar-refractivity contribution >= 4 is 11.0 Å². The average Bonchev–Trinajstić information content (AvgIpc) is 3.10. The number of aromatic nitrogens is 3. The van der Waals surface area contributed by atoms with Gasteiger partial charge in [-0.05, 0) is 19.1 Å². The number of nitrogens with zero attached hydrogens (tertiary/aromatic N) is 3. The summed E-state index contributed by atoms with van der Waals surface area (Å²) < 4.78 is 13.0. The van der Waals surface area contributed by atoms with Gasteiger partial charge in [-0.3, -0.25) is 4.68 Å². The van der Waals surface area contributed by atoms with Crippen LogP contribution in [0.25, 0.3) is 11.0 Å². The van der Waals surface area contributed by atoms with Gasteiger partial charge < -0.3 is 14.5 Å². The summed E-state index contributed by atoms with van der Waals surface area (Å²) in [5.41, 5.74) is 0.780. The van der Waals surface area contributed by atoms with Crippen molar-refractivity contribution < 1.29 is 9.15 Å². The minimum atomic E-state index is 0.0683. The van der Waals surface area contributed by atoms with Gasteiger partial charge in [0, 0.05) is 12.4 Å². The number of ether oxygens (including phenoxy) is 1. The molecule has 1 aromatic carbocycles. The zero-order valence-corrected chi connectivity index (χ0v) is 12.3. The summed E-state index contributed by atoms with van der Waals surface area (Å²) in [6, 6.07) is 7.97. The van der Waals surface area contributed by atoms with Gasteiger partial charge >= 0.3 is 0 Å². The van der Waals surface area contributed by atoms with E-state index >= 15 is 0 Å². The first-order chi connectivity index (χ1) is 10.2. The Morgan fingerprint density at radius 2 is 2.29 bits per heavy atom. The maximum atomic E-state index is 5.92. The number of hydrogen-bond donors (Lipinski definition) is 1. The van der Waals surface area contributed by atoms with E-state index in [-0.39, 0.29) is 6.04 Å². The van der Waals surface area contributed by atoms with Gasteiger partial charge in [0.2, 0.25) is 0 Å². The molecule has 0 fully saturated rings. The lowest BCUT2D eigenvalue weighted by molar-refractivity contribution is 0.398. The zero-order valence-electron chi connectivity index (χ0n) is 12.3. The number of nitrogens with one attached hydrogen (secondary N) is 1. The van der Waals surface area contributed by atoms with Crippen LogP contribution in [0.4, 0.5) is 0 Å². The molecule has 3 rings (SSSR count). The summed E-state index contributed by atoms with van der Waals surface area (Å²) in [5, 5.41) is 8.47. The number of benzene rings is 1. The van der Waals surface area contributed by atoms with Gasteiger partial charge in [-0.15, -0.1) is 0 Å². The van der Waals surface area contributed by atoms with E-state index in [1.165, 1.54) is 0 Å². The molecule has 0 saturated carbocycles. The van der Waals surface area contributed by atoms with E-state index < -0.39 is 0 Å². The standard InChI is InChI=1S/C15H18N4O2/c1-10(16-8-14-17-9-18-19(14)2)13-7-11-5-4-6-12(20-3)15(11)21-13/h4-7,9-10,16H,8H2,1-3H3/t10-/m1/s1. The van der Waals surface area contributed by atoms with Crippen LogP contribution in [0, 0.1) is 0 Å². The van der Waals surface area contributed by atoms with Crippen molar-refractivity contribution in [3.8, 4) is 5.75 Å². The van der Waals surface area contributed by atoms with Gasteiger partial charge in [0.05, 0.1) is 19.7 Å². The van der Waals surface area contributed by atoms with Crippen LogP contribution in [0.3, 0.4) is 0 Å². The lowest BCUT2D eigenvalue weighted by Gasteiger charge is -2.10. The van der Waals surface area contributed by atoms with Crippen LogP contribution in [0.5, 0.6) is 5.75 Å². The minimum Gasteiger partial charge on any atom is -0.493 e. The molecule has 0 aliphatic carbocycles. The fourth-order valence-corrected chi connectivity index (χ4v) is 2.26. The average molecular weight is 286 g/mol. The predicted molar refractivity (Wildman–Crippen MR) is 79.0 cm³/mol. The van der Waals surface area contributed by atoms with Gasteiger partial charge in [0.1, 0.15) is 17.9 Å². The molecule has 6 heteroatoms. The third-order valence-electron chi connectivity index (χ3n) is 3.55.